The summed E-state index contributed by atoms with van der Waals surface area (Å²) in [6.07, 6.45) is 3.96. The van der Waals surface area contributed by atoms with E-state index in [-0.39, 0.29) is 0 Å². The van der Waals surface area contributed by atoms with Crippen molar-refractivity contribution in [1.29, 1.82) is 0 Å². The fourth-order valence-corrected chi connectivity index (χ4v) is 3.05. The van der Waals surface area contributed by atoms with Gasteiger partial charge in [0.15, 0.2) is 0 Å². The van der Waals surface area contributed by atoms with Gasteiger partial charge in [-0.05, 0) is 30.0 Å². The SMILES string of the molecule is Clc1ccc(CC(CBr)Cc2nccs2)cc1. The highest BCUT2D eigenvalue weighted by Gasteiger charge is 2.11. The number of rotatable bonds is 5. The number of alkyl halides is 1. The molecule has 1 atom stereocenters. The van der Waals surface area contributed by atoms with Crippen molar-refractivity contribution in [2.45, 2.75) is 12.8 Å². The molecule has 1 unspecified atom stereocenters. The van der Waals surface area contributed by atoms with E-state index in [9.17, 15) is 0 Å². The number of hydrogen-bond donors (Lipinski definition) is 0. The topological polar surface area (TPSA) is 12.9 Å². The summed E-state index contributed by atoms with van der Waals surface area (Å²) in [6, 6.07) is 8.09. The lowest BCUT2D eigenvalue weighted by Crippen LogP contribution is -2.09. The maximum Gasteiger partial charge on any atom is 0.0927 e. The lowest BCUT2D eigenvalue weighted by atomic mass is 9.98. The summed E-state index contributed by atoms with van der Waals surface area (Å²) in [5, 5.41) is 5.03. The van der Waals surface area contributed by atoms with E-state index in [1.54, 1.807) is 11.3 Å². The molecule has 2 rings (SSSR count). The molecule has 0 aliphatic heterocycles. The summed E-state index contributed by atoms with van der Waals surface area (Å²) in [4.78, 5) is 4.34. The molecule has 4 heteroatoms. The molecule has 1 aromatic carbocycles. The smallest absolute Gasteiger partial charge is 0.0927 e. The molecule has 0 bridgehead atoms. The van der Waals surface area contributed by atoms with Gasteiger partial charge in [-0.25, -0.2) is 4.98 Å². The van der Waals surface area contributed by atoms with Crippen LogP contribution in [0.3, 0.4) is 0 Å². The zero-order valence-electron chi connectivity index (χ0n) is 9.27. The molecule has 0 saturated heterocycles. The minimum Gasteiger partial charge on any atom is -0.250 e. The van der Waals surface area contributed by atoms with Crippen molar-refractivity contribution in [2.24, 2.45) is 5.92 Å². The summed E-state index contributed by atoms with van der Waals surface area (Å²) >= 11 is 11.2. The second-order valence-electron chi connectivity index (χ2n) is 3.98. The molecule has 0 saturated carbocycles. The van der Waals surface area contributed by atoms with Crippen molar-refractivity contribution in [3.8, 4) is 0 Å². The first-order valence-corrected chi connectivity index (χ1v) is 7.84. The van der Waals surface area contributed by atoms with Gasteiger partial charge < -0.3 is 0 Å². The highest BCUT2D eigenvalue weighted by atomic mass is 79.9. The van der Waals surface area contributed by atoms with Gasteiger partial charge in [-0.1, -0.05) is 39.7 Å². The van der Waals surface area contributed by atoms with Gasteiger partial charge in [0.2, 0.25) is 0 Å². The molecule has 90 valence electrons. The van der Waals surface area contributed by atoms with Crippen molar-refractivity contribution in [1.82, 2.24) is 4.98 Å². The number of hydrogen-bond acceptors (Lipinski definition) is 2. The summed E-state index contributed by atoms with van der Waals surface area (Å²) in [5.74, 6) is 0.585. The summed E-state index contributed by atoms with van der Waals surface area (Å²) in [5.41, 5.74) is 1.33. The predicted molar refractivity (Wildman–Crippen MR) is 78.3 cm³/mol. The van der Waals surface area contributed by atoms with Crippen LogP contribution in [0.1, 0.15) is 10.6 Å². The van der Waals surface area contributed by atoms with Gasteiger partial charge in [0.05, 0.1) is 5.01 Å². The number of benzene rings is 1. The Morgan fingerprint density at radius 2 is 2.00 bits per heavy atom. The fourth-order valence-electron chi connectivity index (χ4n) is 1.74. The first-order chi connectivity index (χ1) is 8.28. The zero-order valence-corrected chi connectivity index (χ0v) is 12.4. The highest BCUT2D eigenvalue weighted by molar-refractivity contribution is 9.09. The van der Waals surface area contributed by atoms with E-state index in [0.717, 1.165) is 23.2 Å². The average Bonchev–Trinajstić information content (AvgIpc) is 2.84. The van der Waals surface area contributed by atoms with Gasteiger partial charge in [-0.15, -0.1) is 11.3 Å². The highest BCUT2D eigenvalue weighted by Crippen LogP contribution is 2.19. The van der Waals surface area contributed by atoms with Crippen molar-refractivity contribution in [3.63, 3.8) is 0 Å². The van der Waals surface area contributed by atoms with Crippen molar-refractivity contribution in [2.75, 3.05) is 5.33 Å². The Balaban J connectivity index is 1.97. The Labute approximate surface area is 119 Å². The van der Waals surface area contributed by atoms with Crippen LogP contribution in [0.2, 0.25) is 5.02 Å². The molecule has 0 aliphatic carbocycles. The Morgan fingerprint density at radius 3 is 2.59 bits per heavy atom. The van der Waals surface area contributed by atoms with Gasteiger partial charge in [-0.2, -0.15) is 0 Å². The van der Waals surface area contributed by atoms with E-state index in [0.29, 0.717) is 5.92 Å². The van der Waals surface area contributed by atoms with E-state index >= 15 is 0 Å². The molecule has 0 aliphatic rings. The van der Waals surface area contributed by atoms with E-state index in [4.69, 9.17) is 11.6 Å². The van der Waals surface area contributed by atoms with E-state index in [1.807, 2.05) is 23.7 Å². The molecule has 0 spiro atoms. The molecule has 2 aromatic rings. The lowest BCUT2D eigenvalue weighted by molar-refractivity contribution is 0.589. The van der Waals surface area contributed by atoms with Crippen molar-refractivity contribution >= 4 is 38.9 Å². The molecule has 1 heterocycles. The van der Waals surface area contributed by atoms with Crippen LogP contribution in [0.5, 0.6) is 0 Å². The minimum atomic E-state index is 0.585. The number of halogens is 2. The second-order valence-corrected chi connectivity index (χ2v) is 6.04. The molecule has 1 nitrogen and oxygen atoms in total. The maximum atomic E-state index is 5.88. The van der Waals surface area contributed by atoms with Crippen LogP contribution < -0.4 is 0 Å². The van der Waals surface area contributed by atoms with Gasteiger partial charge in [-0.3, -0.25) is 0 Å². The first-order valence-electron chi connectivity index (χ1n) is 5.46. The maximum absolute atomic E-state index is 5.88. The molecule has 0 fully saturated rings. The quantitative estimate of drug-likeness (QED) is 0.731. The van der Waals surface area contributed by atoms with Gasteiger partial charge >= 0.3 is 0 Å². The molecular formula is C13H13BrClNS. The van der Waals surface area contributed by atoms with E-state index in [2.05, 4.69) is 33.0 Å². The molecular weight excluding hydrogens is 318 g/mol. The predicted octanol–water partition coefficient (Wildman–Crippen LogP) is 4.59. The Bertz CT molecular complexity index is 441. The third-order valence-electron chi connectivity index (χ3n) is 2.60. The fraction of sp³-hybridized carbons (Fsp3) is 0.308. The zero-order chi connectivity index (χ0) is 12.1. The lowest BCUT2D eigenvalue weighted by Gasteiger charge is -2.12. The van der Waals surface area contributed by atoms with E-state index in [1.165, 1.54) is 10.6 Å². The Kier molecular flexibility index (Phi) is 5.01. The third kappa shape index (κ3) is 4.09. The molecule has 1 aromatic heterocycles. The summed E-state index contributed by atoms with van der Waals surface area (Å²) < 4.78 is 0. The standard InChI is InChI=1S/C13H13BrClNS/c14-9-11(8-13-16-5-6-17-13)7-10-1-3-12(15)4-2-10/h1-6,11H,7-9H2. The third-order valence-corrected chi connectivity index (χ3v) is 4.57. The largest absolute Gasteiger partial charge is 0.250 e. The monoisotopic (exact) mass is 329 g/mol. The summed E-state index contributed by atoms with van der Waals surface area (Å²) in [7, 11) is 0. The Morgan fingerprint density at radius 1 is 1.24 bits per heavy atom. The Hall–Kier alpha value is -0.380. The summed E-state index contributed by atoms with van der Waals surface area (Å²) in [6.45, 7) is 0. The van der Waals surface area contributed by atoms with Crippen LogP contribution in [0.25, 0.3) is 0 Å². The van der Waals surface area contributed by atoms with Gasteiger partial charge in [0.25, 0.3) is 0 Å². The van der Waals surface area contributed by atoms with Gasteiger partial charge in [0, 0.05) is 28.4 Å². The van der Waals surface area contributed by atoms with Crippen LogP contribution >= 0.6 is 38.9 Å². The van der Waals surface area contributed by atoms with Crippen LogP contribution in [-0.2, 0) is 12.8 Å². The van der Waals surface area contributed by atoms with Crippen LogP contribution in [-0.4, -0.2) is 10.3 Å². The second kappa shape index (κ2) is 6.53. The molecule has 17 heavy (non-hydrogen) atoms. The van der Waals surface area contributed by atoms with Crippen molar-refractivity contribution < 1.29 is 0 Å². The normalized spacial score (nSPS) is 12.6. The number of aromatic nitrogens is 1. The average molecular weight is 331 g/mol. The van der Waals surface area contributed by atoms with E-state index < -0.39 is 0 Å². The van der Waals surface area contributed by atoms with Crippen molar-refractivity contribution in [3.05, 3.63) is 51.4 Å². The van der Waals surface area contributed by atoms with Crippen LogP contribution in [0.15, 0.2) is 35.8 Å². The minimum absolute atomic E-state index is 0.585. The first kappa shape index (κ1) is 13.1. The molecule has 0 radical (unpaired) electrons. The van der Waals surface area contributed by atoms with Crippen LogP contribution in [0, 0.1) is 5.92 Å². The van der Waals surface area contributed by atoms with Gasteiger partial charge in [0.1, 0.15) is 0 Å². The molecule has 0 N–H and O–H groups in total. The number of nitrogens with zero attached hydrogens (tertiary/aromatic N) is 1. The molecule has 0 amide bonds. The van der Waals surface area contributed by atoms with Crippen LogP contribution in [0.4, 0.5) is 0 Å². The number of thiazole rings is 1.